The summed E-state index contributed by atoms with van der Waals surface area (Å²) in [5, 5.41) is 9.58. The van der Waals surface area contributed by atoms with Crippen LogP contribution in [0.5, 0.6) is 11.5 Å². The van der Waals surface area contributed by atoms with E-state index in [1.165, 1.54) is 26.5 Å². The van der Waals surface area contributed by atoms with E-state index in [0.29, 0.717) is 17.3 Å². The molecule has 1 aromatic carbocycles. The van der Waals surface area contributed by atoms with E-state index in [4.69, 9.17) is 13.9 Å². The van der Waals surface area contributed by atoms with Gasteiger partial charge in [-0.15, -0.1) is 0 Å². The van der Waals surface area contributed by atoms with E-state index in [1.54, 1.807) is 30.3 Å². The summed E-state index contributed by atoms with van der Waals surface area (Å²) in [6.07, 6.45) is -3.45. The second kappa shape index (κ2) is 8.48. The number of furan rings is 1. The van der Waals surface area contributed by atoms with Crippen molar-refractivity contribution in [1.29, 1.82) is 0 Å². The molecule has 8 nitrogen and oxygen atoms in total. The number of hydrogen-bond donors (Lipinski definition) is 2. The number of rotatable bonds is 6. The van der Waals surface area contributed by atoms with Crippen LogP contribution in [0.1, 0.15) is 40.3 Å². The molecule has 0 bridgehead atoms. The number of ether oxygens (including phenoxy) is 2. The van der Waals surface area contributed by atoms with Gasteiger partial charge in [-0.3, -0.25) is 4.79 Å². The van der Waals surface area contributed by atoms with E-state index in [-0.39, 0.29) is 24.5 Å². The molecule has 1 aliphatic heterocycles. The summed E-state index contributed by atoms with van der Waals surface area (Å²) in [5.74, 6) is 0.916. The first kappa shape index (κ1) is 21.6. The molecule has 2 atom stereocenters. The summed E-state index contributed by atoms with van der Waals surface area (Å²) >= 11 is 0. The van der Waals surface area contributed by atoms with Crippen molar-refractivity contribution >= 4 is 11.7 Å². The van der Waals surface area contributed by atoms with E-state index in [1.807, 2.05) is 0 Å². The number of hydrogen-bond acceptors (Lipinski definition) is 6. The minimum atomic E-state index is -4.54. The van der Waals surface area contributed by atoms with Gasteiger partial charge in [0.25, 0.3) is 5.91 Å². The van der Waals surface area contributed by atoms with Crippen molar-refractivity contribution in [2.75, 3.05) is 19.5 Å². The van der Waals surface area contributed by atoms with Crippen molar-refractivity contribution in [2.24, 2.45) is 0 Å². The molecule has 0 radical (unpaired) electrons. The van der Waals surface area contributed by atoms with Crippen molar-refractivity contribution in [2.45, 2.75) is 31.2 Å². The fraction of sp³-hybridized carbons (Fsp3) is 0.333. The van der Waals surface area contributed by atoms with E-state index in [2.05, 4.69) is 15.7 Å². The van der Waals surface area contributed by atoms with E-state index in [9.17, 15) is 18.0 Å². The van der Waals surface area contributed by atoms with Crippen molar-refractivity contribution in [1.82, 2.24) is 15.1 Å². The van der Waals surface area contributed by atoms with Gasteiger partial charge in [-0.25, -0.2) is 4.68 Å². The Morgan fingerprint density at radius 3 is 2.69 bits per heavy atom. The topological polar surface area (TPSA) is 90.5 Å². The van der Waals surface area contributed by atoms with Gasteiger partial charge in [-0.05, 0) is 29.8 Å². The highest BCUT2D eigenvalue weighted by atomic mass is 19.4. The molecule has 0 saturated carbocycles. The van der Waals surface area contributed by atoms with Gasteiger partial charge in [-0.2, -0.15) is 18.3 Å². The van der Waals surface area contributed by atoms with Crippen LogP contribution in [-0.4, -0.2) is 36.1 Å². The molecule has 0 aliphatic carbocycles. The Labute approximate surface area is 181 Å². The standard InChI is InChI=1S/C21H21F3N4O4/c1-30-16-6-5-12(8-17(16)31-2)11-25-20(29)14-10-19-26-13(15-4-3-7-32-15)9-18(21(22,23)24)28(19)27-14/h3-8,10,13,18,26H,9,11H2,1-2H3,(H,25,29)/t13-,18+/m1/s1. The minimum Gasteiger partial charge on any atom is -0.493 e. The molecule has 0 unspecified atom stereocenters. The summed E-state index contributed by atoms with van der Waals surface area (Å²) < 4.78 is 57.6. The van der Waals surface area contributed by atoms with Crippen LogP contribution in [0.3, 0.4) is 0 Å². The summed E-state index contributed by atoms with van der Waals surface area (Å²) in [4.78, 5) is 12.6. The number of alkyl halides is 3. The first-order valence-electron chi connectivity index (χ1n) is 9.75. The van der Waals surface area contributed by atoms with Crippen molar-refractivity contribution in [3.8, 4) is 11.5 Å². The lowest BCUT2D eigenvalue weighted by atomic mass is 10.0. The van der Waals surface area contributed by atoms with Gasteiger partial charge in [0.2, 0.25) is 0 Å². The maximum Gasteiger partial charge on any atom is 0.410 e. The molecule has 0 fully saturated rings. The second-order valence-corrected chi connectivity index (χ2v) is 7.24. The predicted octanol–water partition coefficient (Wildman–Crippen LogP) is 4.08. The number of halogens is 3. The number of aromatic nitrogens is 2. The molecule has 11 heteroatoms. The number of carbonyl (C=O) groups excluding carboxylic acids is 1. The summed E-state index contributed by atoms with van der Waals surface area (Å²) in [6.45, 7) is 0.131. The fourth-order valence-corrected chi connectivity index (χ4v) is 3.62. The number of nitrogens with one attached hydrogen (secondary N) is 2. The summed E-state index contributed by atoms with van der Waals surface area (Å²) in [5.41, 5.74) is 0.603. The van der Waals surface area contributed by atoms with Gasteiger partial charge >= 0.3 is 6.18 Å². The lowest BCUT2D eigenvalue weighted by molar-refractivity contribution is -0.174. The number of carbonyl (C=O) groups is 1. The number of fused-ring (bicyclic) bond motifs is 1. The van der Waals surface area contributed by atoms with Gasteiger partial charge in [0.15, 0.2) is 23.2 Å². The average molecular weight is 450 g/mol. The number of anilines is 1. The zero-order chi connectivity index (χ0) is 22.9. The maximum atomic E-state index is 13.7. The maximum absolute atomic E-state index is 13.7. The van der Waals surface area contributed by atoms with E-state index >= 15 is 0 Å². The van der Waals surface area contributed by atoms with Crippen molar-refractivity contribution < 1.29 is 31.9 Å². The van der Waals surface area contributed by atoms with Crippen LogP contribution < -0.4 is 20.1 Å². The van der Waals surface area contributed by atoms with Crippen LogP contribution in [0.4, 0.5) is 19.0 Å². The zero-order valence-corrected chi connectivity index (χ0v) is 17.3. The molecule has 0 saturated heterocycles. The third-order valence-corrected chi connectivity index (χ3v) is 5.21. The van der Waals surface area contributed by atoms with Crippen LogP contribution in [0.15, 0.2) is 47.1 Å². The van der Waals surface area contributed by atoms with Crippen LogP contribution in [0, 0.1) is 0 Å². The van der Waals surface area contributed by atoms with Gasteiger partial charge in [0.1, 0.15) is 11.6 Å². The lowest BCUT2D eigenvalue weighted by Gasteiger charge is -2.32. The Bertz CT molecular complexity index is 1100. The SMILES string of the molecule is COc1ccc(CNC(=O)c2cc3n(n2)[C@H](C(F)(F)F)C[C@H](c2ccco2)N3)cc1OC. The zero-order valence-electron chi connectivity index (χ0n) is 17.3. The van der Waals surface area contributed by atoms with Gasteiger partial charge in [0, 0.05) is 19.0 Å². The predicted molar refractivity (Wildman–Crippen MR) is 108 cm³/mol. The molecule has 3 aromatic rings. The quantitative estimate of drug-likeness (QED) is 0.588. The van der Waals surface area contributed by atoms with Crippen LogP contribution >= 0.6 is 0 Å². The monoisotopic (exact) mass is 450 g/mol. The first-order chi connectivity index (χ1) is 15.3. The Kier molecular flexibility index (Phi) is 5.72. The molecule has 4 rings (SSSR count). The van der Waals surface area contributed by atoms with Crippen LogP contribution in [0.2, 0.25) is 0 Å². The molecule has 32 heavy (non-hydrogen) atoms. The number of benzene rings is 1. The smallest absolute Gasteiger partial charge is 0.410 e. The third-order valence-electron chi connectivity index (χ3n) is 5.21. The van der Waals surface area contributed by atoms with Crippen molar-refractivity contribution in [3.05, 3.63) is 59.7 Å². The Morgan fingerprint density at radius 1 is 1.25 bits per heavy atom. The second-order valence-electron chi connectivity index (χ2n) is 7.24. The molecule has 2 aromatic heterocycles. The average Bonchev–Trinajstić information content (AvgIpc) is 3.45. The van der Waals surface area contributed by atoms with Gasteiger partial charge in [-0.1, -0.05) is 6.07 Å². The molecular formula is C21H21F3N4O4. The molecular weight excluding hydrogens is 429 g/mol. The molecule has 2 N–H and O–H groups in total. The first-order valence-corrected chi connectivity index (χ1v) is 9.75. The molecule has 3 heterocycles. The largest absolute Gasteiger partial charge is 0.493 e. The number of amides is 1. The van der Waals surface area contributed by atoms with Crippen LogP contribution in [-0.2, 0) is 6.54 Å². The Balaban J connectivity index is 1.53. The number of methoxy groups -OCH3 is 2. The molecule has 1 aliphatic rings. The highest BCUT2D eigenvalue weighted by Crippen LogP contribution is 2.43. The highest BCUT2D eigenvalue weighted by Gasteiger charge is 2.47. The van der Waals surface area contributed by atoms with Crippen LogP contribution in [0.25, 0.3) is 0 Å². The van der Waals surface area contributed by atoms with E-state index < -0.39 is 24.2 Å². The normalized spacial score (nSPS) is 17.9. The summed E-state index contributed by atoms with van der Waals surface area (Å²) in [7, 11) is 3.01. The Hall–Kier alpha value is -3.63. The van der Waals surface area contributed by atoms with Gasteiger partial charge in [0.05, 0.1) is 26.5 Å². The molecule has 0 spiro atoms. The highest BCUT2D eigenvalue weighted by molar-refractivity contribution is 5.93. The Morgan fingerprint density at radius 2 is 2.03 bits per heavy atom. The van der Waals surface area contributed by atoms with Crippen molar-refractivity contribution in [3.63, 3.8) is 0 Å². The lowest BCUT2D eigenvalue weighted by Crippen LogP contribution is -2.35. The van der Waals surface area contributed by atoms with E-state index in [0.717, 1.165) is 10.2 Å². The molecule has 170 valence electrons. The van der Waals surface area contributed by atoms with Gasteiger partial charge < -0.3 is 24.5 Å². The number of nitrogens with zero attached hydrogens (tertiary/aromatic N) is 2. The minimum absolute atomic E-state index is 0.0937. The fourth-order valence-electron chi connectivity index (χ4n) is 3.62. The summed E-state index contributed by atoms with van der Waals surface area (Å²) in [6, 6.07) is 7.08. The third kappa shape index (κ3) is 4.23. The molecule has 1 amide bonds.